The Morgan fingerprint density at radius 3 is 2.74 bits per heavy atom. The number of aromatic nitrogens is 4. The number of nitro groups is 1. The molecular formula is C19H19N7O5. The number of nitrogens with one attached hydrogen (secondary N) is 2. The molecule has 0 bridgehead atoms. The van der Waals surface area contributed by atoms with Gasteiger partial charge in [0.2, 0.25) is 11.8 Å². The van der Waals surface area contributed by atoms with Crippen LogP contribution in [0.25, 0.3) is 11.0 Å². The zero-order chi connectivity index (χ0) is 22.0. The summed E-state index contributed by atoms with van der Waals surface area (Å²) in [6.07, 6.45) is 3.65. The van der Waals surface area contributed by atoms with Crippen molar-refractivity contribution in [1.29, 1.82) is 0 Å². The van der Waals surface area contributed by atoms with Crippen LogP contribution in [0, 0.1) is 10.1 Å². The first-order valence-electron chi connectivity index (χ1n) is 9.64. The molecule has 2 N–H and O–H groups in total. The minimum atomic E-state index is -0.508. The fraction of sp³-hybridized carbons (Fsp3) is 0.316. The van der Waals surface area contributed by atoms with Gasteiger partial charge in [-0.1, -0.05) is 12.1 Å². The van der Waals surface area contributed by atoms with Gasteiger partial charge in [0.25, 0.3) is 11.2 Å². The van der Waals surface area contributed by atoms with Crippen LogP contribution < -0.4 is 16.2 Å². The number of rotatable bonds is 7. The highest BCUT2D eigenvalue weighted by Gasteiger charge is 2.26. The lowest BCUT2D eigenvalue weighted by Crippen LogP contribution is -2.42. The van der Waals surface area contributed by atoms with Crippen molar-refractivity contribution in [1.82, 2.24) is 30.0 Å². The van der Waals surface area contributed by atoms with E-state index in [-0.39, 0.29) is 36.2 Å². The molecule has 2 amide bonds. The number of benzene rings is 1. The molecule has 1 aliphatic rings. The van der Waals surface area contributed by atoms with Crippen LogP contribution in [0.4, 0.5) is 5.69 Å². The minimum absolute atomic E-state index is 0.0200. The zero-order valence-electron chi connectivity index (χ0n) is 16.4. The second-order valence-electron chi connectivity index (χ2n) is 7.16. The monoisotopic (exact) mass is 425 g/mol. The Bertz CT molecular complexity index is 1210. The van der Waals surface area contributed by atoms with Gasteiger partial charge in [0.15, 0.2) is 5.65 Å². The summed E-state index contributed by atoms with van der Waals surface area (Å²) in [4.78, 5) is 50.6. The summed E-state index contributed by atoms with van der Waals surface area (Å²) in [5, 5.41) is 20.6. The number of nitro benzene ring substituents is 1. The van der Waals surface area contributed by atoms with Crippen LogP contribution in [0.2, 0.25) is 0 Å². The number of amides is 2. The van der Waals surface area contributed by atoms with Crippen molar-refractivity contribution in [3.8, 4) is 0 Å². The minimum Gasteiger partial charge on any atom is -0.352 e. The van der Waals surface area contributed by atoms with E-state index in [0.29, 0.717) is 30.4 Å². The third-order valence-corrected chi connectivity index (χ3v) is 5.06. The molecule has 1 aliphatic heterocycles. The van der Waals surface area contributed by atoms with Crippen molar-refractivity contribution in [2.75, 3.05) is 6.54 Å². The second kappa shape index (κ2) is 8.34. The molecule has 0 saturated carbocycles. The molecular weight excluding hydrogens is 406 g/mol. The predicted octanol–water partition coefficient (Wildman–Crippen LogP) is -0.0557. The van der Waals surface area contributed by atoms with E-state index in [0.717, 1.165) is 5.56 Å². The summed E-state index contributed by atoms with van der Waals surface area (Å²) in [5.74, 6) is -0.381. The molecule has 0 radical (unpaired) electrons. The molecule has 1 unspecified atom stereocenters. The van der Waals surface area contributed by atoms with Crippen LogP contribution in [0.1, 0.15) is 18.4 Å². The predicted molar refractivity (Wildman–Crippen MR) is 108 cm³/mol. The van der Waals surface area contributed by atoms with Gasteiger partial charge in [0.05, 0.1) is 24.2 Å². The van der Waals surface area contributed by atoms with Gasteiger partial charge in [-0.3, -0.25) is 29.1 Å². The second-order valence-corrected chi connectivity index (χ2v) is 7.16. The highest BCUT2D eigenvalue weighted by molar-refractivity contribution is 5.90. The fourth-order valence-electron chi connectivity index (χ4n) is 3.41. The van der Waals surface area contributed by atoms with Crippen molar-refractivity contribution >= 4 is 28.5 Å². The van der Waals surface area contributed by atoms with E-state index < -0.39 is 11.0 Å². The van der Waals surface area contributed by atoms with Gasteiger partial charge >= 0.3 is 0 Å². The lowest BCUT2D eigenvalue weighted by molar-refractivity contribution is -0.384. The Balaban J connectivity index is 1.42. The van der Waals surface area contributed by atoms with Crippen molar-refractivity contribution in [3.63, 3.8) is 0 Å². The Labute approximate surface area is 175 Å². The van der Waals surface area contributed by atoms with E-state index in [1.807, 2.05) is 0 Å². The Hall–Kier alpha value is -4.09. The molecule has 12 nitrogen and oxygen atoms in total. The maximum absolute atomic E-state index is 12.8. The first-order valence-corrected chi connectivity index (χ1v) is 9.64. The molecule has 1 atom stereocenters. The van der Waals surface area contributed by atoms with E-state index in [2.05, 4.69) is 20.7 Å². The maximum Gasteiger partial charge on any atom is 0.269 e. The molecule has 1 fully saturated rings. The smallest absolute Gasteiger partial charge is 0.269 e. The molecule has 1 aromatic carbocycles. The Morgan fingerprint density at radius 1 is 1.29 bits per heavy atom. The van der Waals surface area contributed by atoms with Gasteiger partial charge in [-0.2, -0.15) is 5.10 Å². The largest absolute Gasteiger partial charge is 0.352 e. The fourth-order valence-corrected chi connectivity index (χ4v) is 3.41. The Morgan fingerprint density at radius 2 is 2.06 bits per heavy atom. The summed E-state index contributed by atoms with van der Waals surface area (Å²) >= 11 is 0. The van der Waals surface area contributed by atoms with Crippen molar-refractivity contribution in [2.45, 2.75) is 32.0 Å². The van der Waals surface area contributed by atoms with Crippen molar-refractivity contribution < 1.29 is 14.5 Å². The highest BCUT2D eigenvalue weighted by atomic mass is 16.6. The van der Waals surface area contributed by atoms with Gasteiger partial charge in [-0.05, 0) is 12.0 Å². The van der Waals surface area contributed by atoms with Crippen molar-refractivity contribution in [2.24, 2.45) is 0 Å². The van der Waals surface area contributed by atoms with E-state index >= 15 is 0 Å². The summed E-state index contributed by atoms with van der Waals surface area (Å²) in [5.41, 5.74) is 0.817. The summed E-state index contributed by atoms with van der Waals surface area (Å²) in [6, 6.07) is 5.44. The quantitative estimate of drug-likeness (QED) is 0.397. The first-order chi connectivity index (χ1) is 14.9. The number of nitrogens with zero attached hydrogens (tertiary/aromatic N) is 5. The maximum atomic E-state index is 12.8. The number of non-ortho nitro benzene ring substituents is 1. The molecule has 31 heavy (non-hydrogen) atoms. The number of carbonyl (C=O) groups is 2. The van der Waals surface area contributed by atoms with E-state index in [9.17, 15) is 24.5 Å². The number of fused-ring (bicyclic) bond motifs is 1. The molecule has 2 aromatic heterocycles. The van der Waals surface area contributed by atoms with Gasteiger partial charge in [-0.25, -0.2) is 9.67 Å². The molecule has 160 valence electrons. The van der Waals surface area contributed by atoms with Gasteiger partial charge < -0.3 is 10.6 Å². The highest BCUT2D eigenvalue weighted by Crippen LogP contribution is 2.13. The van der Waals surface area contributed by atoms with Crippen LogP contribution in [0.15, 0.2) is 41.6 Å². The number of carbonyl (C=O) groups excluding carboxylic acids is 2. The molecule has 3 heterocycles. The van der Waals surface area contributed by atoms with Crippen molar-refractivity contribution in [3.05, 3.63) is 62.8 Å². The summed E-state index contributed by atoms with van der Waals surface area (Å²) in [7, 11) is 0. The van der Waals surface area contributed by atoms with Crippen LogP contribution >= 0.6 is 0 Å². The van der Waals surface area contributed by atoms with Crippen LogP contribution in [-0.4, -0.2) is 48.7 Å². The molecule has 0 aliphatic carbocycles. The van der Waals surface area contributed by atoms with Crippen LogP contribution in [0.3, 0.4) is 0 Å². The van der Waals surface area contributed by atoms with Gasteiger partial charge in [-0.15, -0.1) is 0 Å². The standard InChI is InChI=1S/C19H19N7O5/c27-16-6-5-15(23-16)18(28)20-7-8-25-17-14(9-22-25)19(29)24(11-21-17)10-12-1-3-13(4-2-12)26(30)31/h1-4,9,11,15H,5-8,10H2,(H,20,28)(H,23,27). The van der Waals surface area contributed by atoms with Gasteiger partial charge in [0, 0.05) is 25.1 Å². The summed E-state index contributed by atoms with van der Waals surface area (Å²) in [6.45, 7) is 0.804. The molecule has 12 heteroatoms. The van der Waals surface area contributed by atoms with E-state index in [4.69, 9.17) is 0 Å². The van der Waals surface area contributed by atoms with E-state index in [1.165, 1.54) is 33.9 Å². The molecule has 3 aromatic rings. The molecule has 4 rings (SSSR count). The topological polar surface area (TPSA) is 154 Å². The summed E-state index contributed by atoms with van der Waals surface area (Å²) < 4.78 is 2.93. The number of hydrogen-bond acceptors (Lipinski definition) is 7. The average molecular weight is 425 g/mol. The lowest BCUT2D eigenvalue weighted by atomic mass is 10.2. The SMILES string of the molecule is O=C1CCC(C(=O)NCCn2ncc3c(=O)n(Cc4ccc([N+](=O)[O-])cc4)cnc32)N1. The first kappa shape index (κ1) is 20.2. The van der Waals surface area contributed by atoms with E-state index in [1.54, 1.807) is 12.1 Å². The third-order valence-electron chi connectivity index (χ3n) is 5.06. The third kappa shape index (κ3) is 4.27. The lowest BCUT2D eigenvalue weighted by Gasteiger charge is -2.11. The average Bonchev–Trinajstić information content (AvgIpc) is 3.37. The molecule has 0 spiro atoms. The normalized spacial score (nSPS) is 15.7. The van der Waals surface area contributed by atoms with Gasteiger partial charge in [0.1, 0.15) is 17.8 Å². The number of hydrogen-bond donors (Lipinski definition) is 2. The van der Waals surface area contributed by atoms with Crippen LogP contribution in [0.5, 0.6) is 0 Å². The molecule has 1 saturated heterocycles. The zero-order valence-corrected chi connectivity index (χ0v) is 16.4. The Kier molecular flexibility index (Phi) is 5.43. The van der Waals surface area contributed by atoms with Crippen LogP contribution in [-0.2, 0) is 22.7 Å².